The summed E-state index contributed by atoms with van der Waals surface area (Å²) in [5.41, 5.74) is 0.786. The van der Waals surface area contributed by atoms with Crippen molar-refractivity contribution in [2.45, 2.75) is 69.7 Å². The van der Waals surface area contributed by atoms with Crippen molar-refractivity contribution in [1.29, 1.82) is 0 Å². The van der Waals surface area contributed by atoms with Crippen LogP contribution in [0.3, 0.4) is 0 Å². The number of nitrogens with zero attached hydrogens (tertiary/aromatic N) is 1. The van der Waals surface area contributed by atoms with Gasteiger partial charge in [0, 0.05) is 19.6 Å². The first kappa shape index (κ1) is 19.7. The maximum Gasteiger partial charge on any atom is 0.328 e. The number of carbonyl (C=O) groups is 1. The summed E-state index contributed by atoms with van der Waals surface area (Å²) < 4.78 is 11.8. The Morgan fingerprint density at radius 3 is 2.68 bits per heavy atom. The average molecular weight is 384 g/mol. The van der Waals surface area contributed by atoms with Gasteiger partial charge in [-0.15, -0.1) is 0 Å². The van der Waals surface area contributed by atoms with Crippen LogP contribution in [0.4, 0.5) is 0 Å². The molecule has 28 heavy (non-hydrogen) atoms. The van der Waals surface area contributed by atoms with Gasteiger partial charge in [0.25, 0.3) is 0 Å². The molecule has 0 bridgehead atoms. The van der Waals surface area contributed by atoms with Gasteiger partial charge in [0.15, 0.2) is 0 Å². The van der Waals surface area contributed by atoms with Crippen LogP contribution < -0.4 is 0 Å². The van der Waals surface area contributed by atoms with Gasteiger partial charge in [-0.05, 0) is 42.2 Å². The van der Waals surface area contributed by atoms with E-state index in [0.29, 0.717) is 11.8 Å². The monoisotopic (exact) mass is 383 g/mol. The summed E-state index contributed by atoms with van der Waals surface area (Å²) >= 11 is 0. The number of methoxy groups -OCH3 is 1. The summed E-state index contributed by atoms with van der Waals surface area (Å²) in [6.45, 7) is 7.61. The molecule has 6 atom stereocenters. The van der Waals surface area contributed by atoms with Crippen LogP contribution in [0.2, 0.25) is 0 Å². The quantitative estimate of drug-likeness (QED) is 0.432. The molecule has 2 aliphatic heterocycles. The Kier molecular flexibility index (Phi) is 5.13. The second-order valence-corrected chi connectivity index (χ2v) is 9.47. The molecule has 1 unspecified atom stereocenters. The van der Waals surface area contributed by atoms with Gasteiger partial charge < -0.3 is 9.47 Å². The Hall–Kier alpha value is -1.65. The van der Waals surface area contributed by atoms with Gasteiger partial charge in [-0.3, -0.25) is 4.90 Å². The molecule has 0 N–H and O–H groups in total. The predicted molar refractivity (Wildman–Crippen MR) is 110 cm³/mol. The van der Waals surface area contributed by atoms with Crippen LogP contribution in [0.15, 0.2) is 42.5 Å². The van der Waals surface area contributed by atoms with Gasteiger partial charge in [0.05, 0.1) is 0 Å². The highest BCUT2D eigenvalue weighted by molar-refractivity contribution is 5.85. The van der Waals surface area contributed by atoms with Crippen LogP contribution in [-0.4, -0.2) is 42.4 Å². The number of hydrogen-bond donors (Lipinski definition) is 0. The molecule has 1 aromatic rings. The molecule has 4 heteroatoms. The number of carbonyl (C=O) groups excluding carboxylic acids is 1. The molecule has 2 fully saturated rings. The number of rotatable bonds is 5. The van der Waals surface area contributed by atoms with Gasteiger partial charge in [-0.1, -0.05) is 63.6 Å². The maximum absolute atomic E-state index is 13.3. The van der Waals surface area contributed by atoms with E-state index in [9.17, 15) is 4.79 Å². The fourth-order valence-corrected chi connectivity index (χ4v) is 5.33. The van der Waals surface area contributed by atoms with E-state index in [1.165, 1.54) is 12.0 Å². The largest absolute Gasteiger partial charge is 0.461 e. The van der Waals surface area contributed by atoms with E-state index in [2.05, 4.69) is 62.1 Å². The number of benzene rings is 1. The van der Waals surface area contributed by atoms with Crippen molar-refractivity contribution in [3.63, 3.8) is 0 Å². The molecule has 0 amide bonds. The van der Waals surface area contributed by atoms with E-state index in [4.69, 9.17) is 9.47 Å². The second-order valence-electron chi connectivity index (χ2n) is 9.47. The van der Waals surface area contributed by atoms with Gasteiger partial charge in [0.2, 0.25) is 0 Å². The Bertz CT molecular complexity index is 743. The third-order valence-corrected chi connectivity index (χ3v) is 7.32. The van der Waals surface area contributed by atoms with Gasteiger partial charge in [0.1, 0.15) is 17.9 Å². The Balaban J connectivity index is 1.53. The molecule has 152 valence electrons. The summed E-state index contributed by atoms with van der Waals surface area (Å²) in [4.78, 5) is 15.4. The first-order valence-corrected chi connectivity index (χ1v) is 10.6. The van der Waals surface area contributed by atoms with Gasteiger partial charge in [-0.2, -0.15) is 0 Å². The van der Waals surface area contributed by atoms with Crippen LogP contribution in [0.25, 0.3) is 0 Å². The predicted octanol–water partition coefficient (Wildman–Crippen LogP) is 4.30. The van der Waals surface area contributed by atoms with Crippen LogP contribution in [0.1, 0.15) is 52.0 Å². The standard InChI is InChI=1S/C24H33NO3/c1-17-12-13-19(23(2,3)18-9-6-5-7-10-18)20(15-17)28-22(26)24-14-8-11-21(27-4)25(24)16-24/h5-11,17,19-21H,12-16H2,1-4H3/t17-,19-,20-,21-,24-,25?/m1/s1. The van der Waals surface area contributed by atoms with E-state index in [1.54, 1.807) is 7.11 Å². The summed E-state index contributed by atoms with van der Waals surface area (Å²) in [6.07, 6.45) is 7.92. The van der Waals surface area contributed by atoms with Crippen molar-refractivity contribution in [3.05, 3.63) is 48.0 Å². The Labute approximate surface area is 168 Å². The Morgan fingerprint density at radius 1 is 1.21 bits per heavy atom. The summed E-state index contributed by atoms with van der Waals surface area (Å²) in [6, 6.07) is 10.7. The minimum absolute atomic E-state index is 0.0322. The van der Waals surface area contributed by atoms with E-state index in [0.717, 1.165) is 25.8 Å². The minimum atomic E-state index is -0.502. The van der Waals surface area contributed by atoms with Crippen LogP contribution >= 0.6 is 0 Å². The molecular formula is C24H33NO3. The van der Waals surface area contributed by atoms with Crippen molar-refractivity contribution < 1.29 is 14.3 Å². The van der Waals surface area contributed by atoms with E-state index < -0.39 is 5.54 Å². The third kappa shape index (κ3) is 3.31. The molecule has 4 nitrogen and oxygen atoms in total. The third-order valence-electron chi connectivity index (χ3n) is 7.32. The molecular weight excluding hydrogens is 350 g/mol. The normalized spacial score (nSPS) is 37.2. The maximum atomic E-state index is 13.3. The van der Waals surface area contributed by atoms with Crippen molar-refractivity contribution in [2.24, 2.45) is 11.8 Å². The second kappa shape index (κ2) is 7.31. The SMILES string of the molecule is CO[C@@H]1C=CC[C@]2(C(=O)O[C@@H]3C[C@H](C)CC[C@H]3C(C)(C)c3ccccc3)CN12. The van der Waals surface area contributed by atoms with Crippen LogP contribution in [-0.2, 0) is 19.7 Å². The molecule has 1 aromatic carbocycles. The number of hydrogen-bond acceptors (Lipinski definition) is 4. The summed E-state index contributed by atoms with van der Waals surface area (Å²) in [5.74, 6) is 0.856. The smallest absolute Gasteiger partial charge is 0.328 e. The zero-order chi connectivity index (χ0) is 19.9. The highest BCUT2D eigenvalue weighted by Crippen LogP contribution is 2.47. The molecule has 0 radical (unpaired) electrons. The molecule has 1 aliphatic carbocycles. The van der Waals surface area contributed by atoms with Crippen LogP contribution in [0, 0.1) is 11.8 Å². The average Bonchev–Trinajstić information content (AvgIpc) is 3.45. The molecule has 1 saturated carbocycles. The van der Waals surface area contributed by atoms with Crippen molar-refractivity contribution in [2.75, 3.05) is 13.7 Å². The molecule has 1 saturated heterocycles. The molecule has 3 aliphatic rings. The zero-order valence-electron chi connectivity index (χ0n) is 17.6. The fraction of sp³-hybridized carbons (Fsp3) is 0.625. The van der Waals surface area contributed by atoms with Gasteiger partial charge >= 0.3 is 5.97 Å². The van der Waals surface area contributed by atoms with E-state index in [1.807, 2.05) is 6.08 Å². The van der Waals surface area contributed by atoms with E-state index >= 15 is 0 Å². The summed E-state index contributed by atoms with van der Waals surface area (Å²) in [5, 5.41) is 0. The number of fused-ring (bicyclic) bond motifs is 1. The molecule has 4 rings (SSSR count). The fourth-order valence-electron chi connectivity index (χ4n) is 5.33. The molecule has 2 heterocycles. The lowest BCUT2D eigenvalue weighted by molar-refractivity contribution is -0.162. The van der Waals surface area contributed by atoms with Crippen molar-refractivity contribution in [1.82, 2.24) is 4.90 Å². The first-order valence-electron chi connectivity index (χ1n) is 10.6. The zero-order valence-corrected chi connectivity index (χ0v) is 17.6. The molecule has 0 spiro atoms. The lowest BCUT2D eigenvalue weighted by atomic mass is 9.64. The number of esters is 1. The highest BCUT2D eigenvalue weighted by Gasteiger charge is 2.63. The van der Waals surface area contributed by atoms with Gasteiger partial charge in [-0.25, -0.2) is 4.79 Å². The molecule has 0 aromatic heterocycles. The summed E-state index contributed by atoms with van der Waals surface area (Å²) in [7, 11) is 1.69. The topological polar surface area (TPSA) is 38.5 Å². The minimum Gasteiger partial charge on any atom is -0.461 e. The lowest BCUT2D eigenvalue weighted by Crippen LogP contribution is -2.46. The van der Waals surface area contributed by atoms with E-state index in [-0.39, 0.29) is 23.7 Å². The highest BCUT2D eigenvalue weighted by atomic mass is 16.6. The first-order chi connectivity index (χ1) is 13.4. The number of ether oxygens (including phenoxy) is 2. The van der Waals surface area contributed by atoms with Crippen molar-refractivity contribution >= 4 is 5.97 Å². The Morgan fingerprint density at radius 2 is 1.96 bits per heavy atom. The van der Waals surface area contributed by atoms with Crippen molar-refractivity contribution in [3.8, 4) is 0 Å². The lowest BCUT2D eigenvalue weighted by Gasteiger charge is -2.44. The van der Waals surface area contributed by atoms with Crippen LogP contribution in [0.5, 0.6) is 0 Å².